The fourth-order valence-corrected chi connectivity index (χ4v) is 3.03. The zero-order valence-electron chi connectivity index (χ0n) is 8.94. The molecule has 0 saturated heterocycles. The Labute approximate surface area is 113 Å². The Hall–Kier alpha value is -1.09. The minimum atomic E-state index is -3.59. The van der Waals surface area contributed by atoms with Crippen LogP contribution in [-0.2, 0) is 10.0 Å². The molecule has 0 saturated carbocycles. The molecule has 0 fully saturated rings. The third kappa shape index (κ3) is 2.78. The molecule has 0 unspecified atom stereocenters. The molecule has 1 aromatic carbocycles. The summed E-state index contributed by atoms with van der Waals surface area (Å²) >= 11 is 2.07. The molecule has 0 aliphatic heterocycles. The first-order valence-electron chi connectivity index (χ1n) is 4.78. The van der Waals surface area contributed by atoms with Crippen molar-refractivity contribution in [1.82, 2.24) is 9.97 Å². The Morgan fingerprint density at radius 1 is 1.35 bits per heavy atom. The van der Waals surface area contributed by atoms with Crippen molar-refractivity contribution in [3.63, 3.8) is 0 Å². The zero-order valence-corrected chi connectivity index (χ0v) is 11.9. The molecule has 0 spiro atoms. The number of nitrogens with zero attached hydrogens (tertiary/aromatic N) is 1. The second kappa shape index (κ2) is 4.65. The summed E-state index contributed by atoms with van der Waals surface area (Å²) in [6.07, 6.45) is 1.30. The summed E-state index contributed by atoms with van der Waals surface area (Å²) in [6.45, 7) is 1.70. The van der Waals surface area contributed by atoms with Crippen molar-refractivity contribution < 1.29 is 8.42 Å². The Kier molecular flexibility index (Phi) is 3.38. The van der Waals surface area contributed by atoms with Crippen LogP contribution in [0.25, 0.3) is 0 Å². The fourth-order valence-electron chi connectivity index (χ4n) is 1.28. The minimum absolute atomic E-state index is 0.0645. The van der Waals surface area contributed by atoms with Crippen molar-refractivity contribution >= 4 is 38.3 Å². The number of sulfonamides is 1. The molecule has 1 heterocycles. The van der Waals surface area contributed by atoms with Crippen LogP contribution in [-0.4, -0.2) is 18.4 Å². The molecule has 90 valence electrons. The second-order valence-corrected chi connectivity index (χ2v) is 6.23. The number of rotatable bonds is 3. The number of hydrogen-bond acceptors (Lipinski definition) is 3. The van der Waals surface area contributed by atoms with E-state index in [1.807, 2.05) is 12.1 Å². The van der Waals surface area contributed by atoms with Gasteiger partial charge in [0.2, 0.25) is 0 Å². The van der Waals surface area contributed by atoms with E-state index in [9.17, 15) is 8.42 Å². The molecule has 2 aromatic rings. The fraction of sp³-hybridized carbons (Fsp3) is 0.100. The van der Waals surface area contributed by atoms with E-state index >= 15 is 0 Å². The van der Waals surface area contributed by atoms with Crippen LogP contribution >= 0.6 is 22.6 Å². The number of aryl methyl sites for hydroxylation is 1. The molecule has 0 radical (unpaired) electrons. The monoisotopic (exact) mass is 363 g/mol. The third-order valence-electron chi connectivity index (χ3n) is 2.09. The van der Waals surface area contributed by atoms with Gasteiger partial charge in [0.1, 0.15) is 5.82 Å². The number of benzene rings is 1. The summed E-state index contributed by atoms with van der Waals surface area (Å²) < 4.78 is 27.3. The highest BCUT2D eigenvalue weighted by atomic mass is 127. The Morgan fingerprint density at radius 2 is 2.06 bits per heavy atom. The number of anilines is 1. The van der Waals surface area contributed by atoms with Crippen LogP contribution in [0.4, 0.5) is 5.69 Å². The van der Waals surface area contributed by atoms with Gasteiger partial charge in [0, 0.05) is 3.57 Å². The van der Waals surface area contributed by atoms with E-state index in [1.54, 1.807) is 19.1 Å². The molecule has 17 heavy (non-hydrogen) atoms. The summed E-state index contributed by atoms with van der Waals surface area (Å²) in [7, 11) is -3.59. The average Bonchev–Trinajstić information content (AvgIpc) is 2.69. The van der Waals surface area contributed by atoms with E-state index in [-0.39, 0.29) is 5.03 Å². The molecule has 2 N–H and O–H groups in total. The van der Waals surface area contributed by atoms with Gasteiger partial charge in [-0.05, 0) is 41.6 Å². The molecule has 1 aromatic heterocycles. The number of halogens is 1. The van der Waals surface area contributed by atoms with E-state index in [4.69, 9.17) is 0 Å². The highest BCUT2D eigenvalue weighted by Crippen LogP contribution is 2.20. The SMILES string of the molecule is Cc1ncc(S(=O)(=O)Nc2ccccc2I)[nH]1. The van der Waals surface area contributed by atoms with Crippen LogP contribution in [0.15, 0.2) is 35.5 Å². The molecule has 5 nitrogen and oxygen atoms in total. The van der Waals surface area contributed by atoms with Crippen LogP contribution in [0, 0.1) is 10.5 Å². The summed E-state index contributed by atoms with van der Waals surface area (Å²) in [5.74, 6) is 0.563. The van der Waals surface area contributed by atoms with Crippen molar-refractivity contribution in [1.29, 1.82) is 0 Å². The van der Waals surface area contributed by atoms with Gasteiger partial charge in [0.05, 0.1) is 11.9 Å². The van der Waals surface area contributed by atoms with E-state index in [0.717, 1.165) is 3.57 Å². The minimum Gasteiger partial charge on any atom is -0.332 e. The molecule has 0 amide bonds. The van der Waals surface area contributed by atoms with Gasteiger partial charge in [-0.25, -0.2) is 4.98 Å². The van der Waals surface area contributed by atoms with E-state index in [0.29, 0.717) is 11.5 Å². The molecular formula is C10H10IN3O2S. The van der Waals surface area contributed by atoms with Crippen LogP contribution in [0.2, 0.25) is 0 Å². The standard InChI is InChI=1S/C10H10IN3O2S/c1-7-12-6-10(13-7)17(15,16)14-9-5-3-2-4-8(9)11/h2-6,14H,1H3,(H,12,13). The maximum absolute atomic E-state index is 12.0. The molecule has 2 rings (SSSR count). The Bertz CT molecular complexity index is 637. The summed E-state index contributed by atoms with van der Waals surface area (Å²) in [5, 5.41) is 0.0645. The lowest BCUT2D eigenvalue weighted by Gasteiger charge is -2.07. The van der Waals surface area contributed by atoms with Gasteiger partial charge < -0.3 is 4.98 Å². The van der Waals surface area contributed by atoms with Crippen molar-refractivity contribution in [3.8, 4) is 0 Å². The average molecular weight is 363 g/mol. The Morgan fingerprint density at radius 3 is 2.65 bits per heavy atom. The number of imidazole rings is 1. The third-order valence-corrected chi connectivity index (χ3v) is 4.30. The highest BCUT2D eigenvalue weighted by molar-refractivity contribution is 14.1. The van der Waals surface area contributed by atoms with Gasteiger partial charge in [-0.1, -0.05) is 12.1 Å². The summed E-state index contributed by atoms with van der Waals surface area (Å²) in [4.78, 5) is 6.56. The molecule has 0 atom stereocenters. The summed E-state index contributed by atoms with van der Waals surface area (Å²) in [6, 6.07) is 7.16. The van der Waals surface area contributed by atoms with Crippen molar-refractivity contribution in [2.24, 2.45) is 0 Å². The number of hydrogen-bond donors (Lipinski definition) is 2. The van der Waals surface area contributed by atoms with Crippen molar-refractivity contribution in [2.45, 2.75) is 11.9 Å². The molecule has 0 aliphatic carbocycles. The van der Waals surface area contributed by atoms with E-state index in [1.165, 1.54) is 6.20 Å². The van der Waals surface area contributed by atoms with Crippen LogP contribution in [0.5, 0.6) is 0 Å². The normalized spacial score (nSPS) is 11.4. The number of nitrogens with one attached hydrogen (secondary N) is 2. The second-order valence-electron chi connectivity index (χ2n) is 3.42. The predicted octanol–water partition coefficient (Wildman–Crippen LogP) is 2.12. The van der Waals surface area contributed by atoms with Crippen molar-refractivity contribution in [2.75, 3.05) is 4.72 Å². The number of H-pyrrole nitrogens is 1. The molecular weight excluding hydrogens is 353 g/mol. The lowest BCUT2D eigenvalue weighted by molar-refractivity contribution is 0.598. The lowest BCUT2D eigenvalue weighted by Crippen LogP contribution is -2.14. The maximum Gasteiger partial charge on any atom is 0.279 e. The quantitative estimate of drug-likeness (QED) is 0.821. The molecule has 7 heteroatoms. The van der Waals surface area contributed by atoms with Crippen molar-refractivity contribution in [3.05, 3.63) is 39.9 Å². The maximum atomic E-state index is 12.0. The van der Waals surface area contributed by atoms with Crippen LogP contribution < -0.4 is 4.72 Å². The molecule has 0 bridgehead atoms. The predicted molar refractivity (Wildman–Crippen MR) is 73.3 cm³/mol. The van der Waals surface area contributed by atoms with Gasteiger partial charge in [-0.15, -0.1) is 0 Å². The lowest BCUT2D eigenvalue weighted by atomic mass is 10.3. The largest absolute Gasteiger partial charge is 0.332 e. The smallest absolute Gasteiger partial charge is 0.279 e. The van der Waals surface area contributed by atoms with Crippen LogP contribution in [0.3, 0.4) is 0 Å². The number of aromatic amines is 1. The van der Waals surface area contributed by atoms with Gasteiger partial charge >= 0.3 is 0 Å². The zero-order chi connectivity index (χ0) is 12.5. The highest BCUT2D eigenvalue weighted by Gasteiger charge is 2.17. The molecule has 0 aliphatic rings. The summed E-state index contributed by atoms with van der Waals surface area (Å²) in [5.41, 5.74) is 0.556. The van der Waals surface area contributed by atoms with Crippen LogP contribution in [0.1, 0.15) is 5.82 Å². The number of aromatic nitrogens is 2. The van der Waals surface area contributed by atoms with Gasteiger partial charge in [-0.3, -0.25) is 4.72 Å². The first-order valence-corrected chi connectivity index (χ1v) is 7.34. The Balaban J connectivity index is 2.33. The topological polar surface area (TPSA) is 74.8 Å². The van der Waals surface area contributed by atoms with Gasteiger partial charge in [0.15, 0.2) is 5.03 Å². The first kappa shape index (κ1) is 12.4. The number of para-hydroxylation sites is 1. The van der Waals surface area contributed by atoms with Gasteiger partial charge in [-0.2, -0.15) is 8.42 Å². The first-order chi connectivity index (χ1) is 7.99. The van der Waals surface area contributed by atoms with E-state index < -0.39 is 10.0 Å². The van der Waals surface area contributed by atoms with Gasteiger partial charge in [0.25, 0.3) is 10.0 Å². The van der Waals surface area contributed by atoms with E-state index in [2.05, 4.69) is 37.3 Å².